The molecule has 1 aromatic rings. The minimum absolute atomic E-state index is 0.0607. The summed E-state index contributed by atoms with van der Waals surface area (Å²) in [4.78, 5) is 19.5. The third-order valence-corrected chi connectivity index (χ3v) is 2.80. The Kier molecular flexibility index (Phi) is 6.01. The molecular weight excluding hydrogens is 252 g/mol. The van der Waals surface area contributed by atoms with Crippen molar-refractivity contribution in [2.24, 2.45) is 11.7 Å². The molecule has 0 aliphatic rings. The van der Waals surface area contributed by atoms with Gasteiger partial charge in [0, 0.05) is 18.2 Å². The monoisotopic (exact) mass is 270 g/mol. The number of halogens is 1. The quantitative estimate of drug-likeness (QED) is 0.777. The molecule has 0 aromatic carbocycles. The van der Waals surface area contributed by atoms with Crippen molar-refractivity contribution in [3.05, 3.63) is 17.5 Å². The van der Waals surface area contributed by atoms with Crippen LogP contribution in [-0.4, -0.2) is 21.9 Å². The predicted molar refractivity (Wildman–Crippen MR) is 72.3 cm³/mol. The summed E-state index contributed by atoms with van der Waals surface area (Å²) in [7, 11) is 0. The number of anilines is 1. The Hall–Kier alpha value is -1.20. The van der Waals surface area contributed by atoms with Gasteiger partial charge in [-0.25, -0.2) is 9.97 Å². The Labute approximate surface area is 112 Å². The predicted octanol–water partition coefficient (Wildman–Crippen LogP) is 2.22. The molecule has 1 aromatic heterocycles. The molecule has 1 rings (SSSR count). The maximum Gasteiger partial charge on any atom is 0.228 e. The highest BCUT2D eigenvalue weighted by Gasteiger charge is 2.13. The van der Waals surface area contributed by atoms with Crippen LogP contribution in [0.25, 0.3) is 0 Å². The van der Waals surface area contributed by atoms with E-state index in [1.165, 1.54) is 6.20 Å². The average molecular weight is 271 g/mol. The van der Waals surface area contributed by atoms with Crippen LogP contribution in [0.15, 0.2) is 12.3 Å². The summed E-state index contributed by atoms with van der Waals surface area (Å²) in [6.45, 7) is 3.85. The van der Waals surface area contributed by atoms with Crippen LogP contribution in [0.2, 0.25) is 5.28 Å². The number of amides is 1. The first kappa shape index (κ1) is 14.9. The van der Waals surface area contributed by atoms with Gasteiger partial charge in [-0.3, -0.25) is 4.79 Å². The molecule has 2 atom stereocenters. The van der Waals surface area contributed by atoms with Gasteiger partial charge in [0.2, 0.25) is 11.2 Å². The average Bonchev–Trinajstić information content (AvgIpc) is 2.28. The van der Waals surface area contributed by atoms with E-state index in [0.717, 1.165) is 19.3 Å². The van der Waals surface area contributed by atoms with E-state index in [1.807, 2.05) is 13.8 Å². The molecule has 0 radical (unpaired) electrons. The highest BCUT2D eigenvalue weighted by Crippen LogP contribution is 2.12. The number of nitrogens with two attached hydrogens (primary N) is 1. The first-order valence-corrected chi connectivity index (χ1v) is 6.42. The van der Waals surface area contributed by atoms with Crippen molar-refractivity contribution in [1.82, 2.24) is 9.97 Å². The Morgan fingerprint density at radius 2 is 2.22 bits per heavy atom. The van der Waals surface area contributed by atoms with Crippen molar-refractivity contribution in [3.8, 4) is 0 Å². The summed E-state index contributed by atoms with van der Waals surface area (Å²) in [6.07, 6.45) is 4.19. The largest absolute Gasteiger partial charge is 0.328 e. The van der Waals surface area contributed by atoms with Gasteiger partial charge in [0.1, 0.15) is 5.82 Å². The normalized spacial score (nSPS) is 14.0. The molecule has 18 heavy (non-hydrogen) atoms. The van der Waals surface area contributed by atoms with Crippen molar-refractivity contribution in [2.45, 2.75) is 39.2 Å². The maximum absolute atomic E-state index is 11.9. The second-order valence-electron chi connectivity index (χ2n) is 4.51. The summed E-state index contributed by atoms with van der Waals surface area (Å²) in [5.41, 5.74) is 5.66. The number of nitrogens with one attached hydrogen (secondary N) is 1. The van der Waals surface area contributed by atoms with Crippen molar-refractivity contribution in [3.63, 3.8) is 0 Å². The molecule has 0 bridgehead atoms. The molecule has 1 heterocycles. The van der Waals surface area contributed by atoms with E-state index in [4.69, 9.17) is 17.3 Å². The smallest absolute Gasteiger partial charge is 0.228 e. The van der Waals surface area contributed by atoms with Crippen LogP contribution < -0.4 is 11.1 Å². The SMILES string of the molecule is CC(N)CCCC(C)C(=O)Nc1ccnc(Cl)n1. The molecule has 0 spiro atoms. The highest BCUT2D eigenvalue weighted by atomic mass is 35.5. The van der Waals surface area contributed by atoms with Crippen LogP contribution in [0.5, 0.6) is 0 Å². The summed E-state index contributed by atoms with van der Waals surface area (Å²) in [6, 6.07) is 1.79. The second kappa shape index (κ2) is 7.28. The lowest BCUT2D eigenvalue weighted by Gasteiger charge is -2.12. The number of aromatic nitrogens is 2. The Balaban J connectivity index is 2.40. The molecule has 3 N–H and O–H groups in total. The molecule has 0 aliphatic heterocycles. The zero-order chi connectivity index (χ0) is 13.5. The van der Waals surface area contributed by atoms with Gasteiger partial charge in [-0.05, 0) is 37.4 Å². The standard InChI is InChI=1S/C12H19ClN4O/c1-8(4-3-5-9(2)14)11(18)16-10-6-7-15-12(13)17-10/h6-9H,3-5,14H2,1-2H3,(H,15,16,17,18). The topological polar surface area (TPSA) is 80.9 Å². The van der Waals surface area contributed by atoms with Gasteiger partial charge < -0.3 is 11.1 Å². The van der Waals surface area contributed by atoms with E-state index >= 15 is 0 Å². The lowest BCUT2D eigenvalue weighted by molar-refractivity contribution is -0.119. The van der Waals surface area contributed by atoms with Crippen molar-refractivity contribution in [2.75, 3.05) is 5.32 Å². The van der Waals surface area contributed by atoms with Gasteiger partial charge in [0.25, 0.3) is 0 Å². The summed E-state index contributed by atoms with van der Waals surface area (Å²) in [5.74, 6) is 0.297. The molecular formula is C12H19ClN4O. The fourth-order valence-electron chi connectivity index (χ4n) is 1.53. The van der Waals surface area contributed by atoms with Gasteiger partial charge in [-0.1, -0.05) is 13.3 Å². The number of carbonyl (C=O) groups excluding carboxylic acids is 1. The van der Waals surface area contributed by atoms with E-state index in [1.54, 1.807) is 6.07 Å². The third kappa shape index (κ3) is 5.42. The zero-order valence-electron chi connectivity index (χ0n) is 10.7. The molecule has 100 valence electrons. The fraction of sp³-hybridized carbons (Fsp3) is 0.583. The molecule has 0 aliphatic carbocycles. The fourth-order valence-corrected chi connectivity index (χ4v) is 1.68. The second-order valence-corrected chi connectivity index (χ2v) is 4.85. The number of nitrogens with zero attached hydrogens (tertiary/aromatic N) is 2. The molecule has 2 unspecified atom stereocenters. The summed E-state index contributed by atoms with van der Waals surface area (Å²) < 4.78 is 0. The van der Waals surface area contributed by atoms with Crippen LogP contribution >= 0.6 is 11.6 Å². The lowest BCUT2D eigenvalue weighted by Crippen LogP contribution is -2.22. The van der Waals surface area contributed by atoms with Crippen molar-refractivity contribution in [1.29, 1.82) is 0 Å². The number of hydrogen-bond donors (Lipinski definition) is 2. The Morgan fingerprint density at radius 3 is 2.83 bits per heavy atom. The van der Waals surface area contributed by atoms with Crippen molar-refractivity contribution >= 4 is 23.3 Å². The molecule has 0 saturated carbocycles. The van der Waals surface area contributed by atoms with Crippen LogP contribution in [0.1, 0.15) is 33.1 Å². The van der Waals surface area contributed by atoms with Gasteiger partial charge >= 0.3 is 0 Å². The number of rotatable bonds is 6. The minimum Gasteiger partial charge on any atom is -0.328 e. The third-order valence-electron chi connectivity index (χ3n) is 2.62. The van der Waals surface area contributed by atoms with E-state index in [-0.39, 0.29) is 23.2 Å². The van der Waals surface area contributed by atoms with Gasteiger partial charge in [0.05, 0.1) is 0 Å². The van der Waals surface area contributed by atoms with Gasteiger partial charge in [-0.15, -0.1) is 0 Å². The van der Waals surface area contributed by atoms with Crippen LogP contribution in [-0.2, 0) is 4.79 Å². The lowest BCUT2D eigenvalue weighted by atomic mass is 10.0. The molecule has 0 saturated heterocycles. The van der Waals surface area contributed by atoms with Crippen molar-refractivity contribution < 1.29 is 4.79 Å². The van der Waals surface area contributed by atoms with E-state index < -0.39 is 0 Å². The number of carbonyl (C=O) groups is 1. The van der Waals surface area contributed by atoms with Gasteiger partial charge in [-0.2, -0.15) is 0 Å². The Morgan fingerprint density at radius 1 is 1.50 bits per heavy atom. The van der Waals surface area contributed by atoms with Crippen LogP contribution in [0.3, 0.4) is 0 Å². The summed E-state index contributed by atoms with van der Waals surface area (Å²) >= 11 is 5.64. The first-order valence-electron chi connectivity index (χ1n) is 6.04. The molecule has 6 heteroatoms. The molecule has 1 amide bonds. The molecule has 5 nitrogen and oxygen atoms in total. The first-order chi connectivity index (χ1) is 8.49. The zero-order valence-corrected chi connectivity index (χ0v) is 11.4. The van der Waals surface area contributed by atoms with Crippen LogP contribution in [0.4, 0.5) is 5.82 Å². The van der Waals surface area contributed by atoms with Gasteiger partial charge in [0.15, 0.2) is 0 Å². The van der Waals surface area contributed by atoms with E-state index in [0.29, 0.717) is 5.82 Å². The maximum atomic E-state index is 11.9. The highest BCUT2D eigenvalue weighted by molar-refractivity contribution is 6.28. The van der Waals surface area contributed by atoms with E-state index in [2.05, 4.69) is 15.3 Å². The number of hydrogen-bond acceptors (Lipinski definition) is 4. The van der Waals surface area contributed by atoms with Crippen LogP contribution in [0, 0.1) is 5.92 Å². The minimum atomic E-state index is -0.0718. The molecule has 0 fully saturated rings. The van der Waals surface area contributed by atoms with E-state index in [9.17, 15) is 4.79 Å². The summed E-state index contributed by atoms with van der Waals surface area (Å²) in [5, 5.41) is 2.84. The Bertz CT molecular complexity index is 397.